The molecule has 6 nitrogen and oxygen atoms in total. The summed E-state index contributed by atoms with van der Waals surface area (Å²) in [7, 11) is 1.57. The van der Waals surface area contributed by atoms with Crippen LogP contribution in [0.3, 0.4) is 0 Å². The summed E-state index contributed by atoms with van der Waals surface area (Å²) in [6.07, 6.45) is 1.10. The molecule has 0 rings (SSSR count). The molecule has 0 aliphatic carbocycles. The number of carbonyl (C=O) groups excluding carboxylic acids is 2. The van der Waals surface area contributed by atoms with Gasteiger partial charge in [0.25, 0.3) is 0 Å². The Labute approximate surface area is 83.1 Å². The van der Waals surface area contributed by atoms with Crippen molar-refractivity contribution in [1.82, 2.24) is 10.7 Å². The Morgan fingerprint density at radius 2 is 1.93 bits per heavy atom. The van der Waals surface area contributed by atoms with Gasteiger partial charge in [0.15, 0.2) is 0 Å². The van der Waals surface area contributed by atoms with Crippen molar-refractivity contribution in [1.29, 1.82) is 0 Å². The number of hydrogen-bond donors (Lipinski definition) is 3. The van der Waals surface area contributed by atoms with Crippen molar-refractivity contribution in [2.75, 3.05) is 20.3 Å². The standard InChI is InChI=1S/C8H17N3O3/c1-14-6-5-10-7(12)3-2-4-8(13)11-9/h2-6,9H2,1H3,(H,10,12)(H,11,13). The average molecular weight is 203 g/mol. The summed E-state index contributed by atoms with van der Waals surface area (Å²) in [4.78, 5) is 21.7. The number of hydrogen-bond acceptors (Lipinski definition) is 4. The topological polar surface area (TPSA) is 93.4 Å². The van der Waals surface area contributed by atoms with Crippen molar-refractivity contribution in [3.63, 3.8) is 0 Å². The summed E-state index contributed by atoms with van der Waals surface area (Å²) >= 11 is 0. The van der Waals surface area contributed by atoms with Crippen LogP contribution >= 0.6 is 0 Å². The van der Waals surface area contributed by atoms with Gasteiger partial charge in [-0.15, -0.1) is 0 Å². The Kier molecular flexibility index (Phi) is 7.77. The minimum Gasteiger partial charge on any atom is -0.383 e. The van der Waals surface area contributed by atoms with E-state index >= 15 is 0 Å². The van der Waals surface area contributed by atoms with Crippen LogP contribution in [0.15, 0.2) is 0 Å². The SMILES string of the molecule is COCCNC(=O)CCCC(=O)NN. The highest BCUT2D eigenvalue weighted by Crippen LogP contribution is 1.94. The van der Waals surface area contributed by atoms with Crippen LogP contribution in [0.1, 0.15) is 19.3 Å². The number of hydrazine groups is 1. The number of nitrogens with two attached hydrogens (primary N) is 1. The summed E-state index contributed by atoms with van der Waals surface area (Å²) in [5.41, 5.74) is 2.00. The Hall–Kier alpha value is -1.14. The maximum Gasteiger partial charge on any atom is 0.233 e. The lowest BCUT2D eigenvalue weighted by atomic mass is 10.2. The molecule has 0 aromatic heterocycles. The predicted octanol–water partition coefficient (Wildman–Crippen LogP) is -1.09. The monoisotopic (exact) mass is 203 g/mol. The molecule has 6 heteroatoms. The molecular formula is C8H17N3O3. The van der Waals surface area contributed by atoms with Gasteiger partial charge in [-0.05, 0) is 6.42 Å². The summed E-state index contributed by atoms with van der Waals surface area (Å²) < 4.78 is 4.76. The zero-order valence-corrected chi connectivity index (χ0v) is 8.34. The number of amides is 2. The summed E-state index contributed by atoms with van der Waals surface area (Å²) in [5.74, 6) is 4.54. The van der Waals surface area contributed by atoms with Crippen LogP contribution in [0.4, 0.5) is 0 Å². The smallest absolute Gasteiger partial charge is 0.233 e. The van der Waals surface area contributed by atoms with Crippen molar-refractivity contribution in [3.05, 3.63) is 0 Å². The van der Waals surface area contributed by atoms with E-state index in [1.54, 1.807) is 7.11 Å². The fraction of sp³-hybridized carbons (Fsp3) is 0.750. The predicted molar refractivity (Wildman–Crippen MR) is 51.1 cm³/mol. The van der Waals surface area contributed by atoms with Gasteiger partial charge in [0.1, 0.15) is 0 Å². The first-order valence-electron chi connectivity index (χ1n) is 4.45. The quantitative estimate of drug-likeness (QED) is 0.212. The number of rotatable bonds is 7. The maximum atomic E-state index is 11.1. The Bertz CT molecular complexity index is 185. The van der Waals surface area contributed by atoms with E-state index in [-0.39, 0.29) is 18.2 Å². The van der Waals surface area contributed by atoms with Gasteiger partial charge in [-0.1, -0.05) is 0 Å². The minimum absolute atomic E-state index is 0.0770. The molecule has 0 radical (unpaired) electrons. The largest absolute Gasteiger partial charge is 0.383 e. The summed E-state index contributed by atoms with van der Waals surface area (Å²) in [5, 5.41) is 2.65. The second-order valence-electron chi connectivity index (χ2n) is 2.76. The Balaban J connectivity index is 3.31. The zero-order chi connectivity index (χ0) is 10.8. The fourth-order valence-corrected chi connectivity index (χ4v) is 0.863. The van der Waals surface area contributed by atoms with Crippen molar-refractivity contribution < 1.29 is 14.3 Å². The number of methoxy groups -OCH3 is 1. The van der Waals surface area contributed by atoms with E-state index in [4.69, 9.17) is 10.6 Å². The van der Waals surface area contributed by atoms with Gasteiger partial charge in [0, 0.05) is 26.5 Å². The van der Waals surface area contributed by atoms with Crippen LogP contribution in [0.5, 0.6) is 0 Å². The minimum atomic E-state index is -0.255. The molecule has 0 atom stereocenters. The third-order valence-corrected chi connectivity index (χ3v) is 1.60. The van der Waals surface area contributed by atoms with Crippen LogP contribution in [-0.2, 0) is 14.3 Å². The van der Waals surface area contributed by atoms with E-state index < -0.39 is 0 Å². The van der Waals surface area contributed by atoms with Crippen molar-refractivity contribution >= 4 is 11.8 Å². The molecule has 0 aliphatic rings. The average Bonchev–Trinajstić information content (AvgIpc) is 2.18. The highest BCUT2D eigenvalue weighted by atomic mass is 16.5. The molecule has 0 spiro atoms. The van der Waals surface area contributed by atoms with Gasteiger partial charge in [0.2, 0.25) is 11.8 Å². The van der Waals surface area contributed by atoms with Gasteiger partial charge in [-0.3, -0.25) is 15.0 Å². The van der Waals surface area contributed by atoms with Crippen LogP contribution in [0, 0.1) is 0 Å². The summed E-state index contributed by atoms with van der Waals surface area (Å²) in [6, 6.07) is 0. The highest BCUT2D eigenvalue weighted by Gasteiger charge is 2.02. The molecular weight excluding hydrogens is 186 g/mol. The fourth-order valence-electron chi connectivity index (χ4n) is 0.863. The van der Waals surface area contributed by atoms with Crippen LogP contribution in [0.25, 0.3) is 0 Å². The van der Waals surface area contributed by atoms with Gasteiger partial charge in [-0.25, -0.2) is 5.84 Å². The van der Waals surface area contributed by atoms with Crippen molar-refractivity contribution in [2.45, 2.75) is 19.3 Å². The number of carbonyl (C=O) groups is 2. The van der Waals surface area contributed by atoms with Crippen LogP contribution in [-0.4, -0.2) is 32.1 Å². The second kappa shape index (κ2) is 8.46. The zero-order valence-electron chi connectivity index (χ0n) is 8.34. The van der Waals surface area contributed by atoms with E-state index in [9.17, 15) is 9.59 Å². The second-order valence-corrected chi connectivity index (χ2v) is 2.76. The third-order valence-electron chi connectivity index (χ3n) is 1.60. The first-order valence-corrected chi connectivity index (χ1v) is 4.45. The van der Waals surface area contributed by atoms with Crippen molar-refractivity contribution in [2.24, 2.45) is 5.84 Å². The number of ether oxygens (including phenoxy) is 1. The van der Waals surface area contributed by atoms with Gasteiger partial charge < -0.3 is 10.1 Å². The molecule has 4 N–H and O–H groups in total. The Morgan fingerprint density at radius 3 is 2.50 bits per heavy atom. The molecule has 0 aromatic rings. The van der Waals surface area contributed by atoms with E-state index in [1.807, 2.05) is 5.43 Å². The van der Waals surface area contributed by atoms with E-state index in [0.717, 1.165) is 0 Å². The number of nitrogens with one attached hydrogen (secondary N) is 2. The van der Waals surface area contributed by atoms with Crippen LogP contribution in [0.2, 0.25) is 0 Å². The molecule has 14 heavy (non-hydrogen) atoms. The molecule has 0 aromatic carbocycles. The normalized spacial score (nSPS) is 9.57. The maximum absolute atomic E-state index is 11.1. The lowest BCUT2D eigenvalue weighted by Crippen LogP contribution is -2.30. The van der Waals surface area contributed by atoms with Crippen molar-refractivity contribution in [3.8, 4) is 0 Å². The van der Waals surface area contributed by atoms with Gasteiger partial charge in [0.05, 0.1) is 6.61 Å². The first-order chi connectivity index (χ1) is 6.70. The van der Waals surface area contributed by atoms with E-state index in [2.05, 4.69) is 5.32 Å². The summed E-state index contributed by atoms with van der Waals surface area (Å²) in [6.45, 7) is 0.993. The molecule has 82 valence electrons. The van der Waals surface area contributed by atoms with Crippen LogP contribution < -0.4 is 16.6 Å². The highest BCUT2D eigenvalue weighted by molar-refractivity contribution is 5.78. The van der Waals surface area contributed by atoms with E-state index in [1.165, 1.54) is 0 Å². The molecule has 0 aliphatic heterocycles. The van der Waals surface area contributed by atoms with Gasteiger partial charge >= 0.3 is 0 Å². The van der Waals surface area contributed by atoms with Gasteiger partial charge in [-0.2, -0.15) is 0 Å². The molecule has 0 saturated carbocycles. The lowest BCUT2D eigenvalue weighted by molar-refractivity contribution is -0.122. The van der Waals surface area contributed by atoms with E-state index in [0.29, 0.717) is 26.0 Å². The molecule has 0 heterocycles. The molecule has 0 saturated heterocycles. The molecule has 0 unspecified atom stereocenters. The molecule has 0 fully saturated rings. The molecule has 2 amide bonds. The third kappa shape index (κ3) is 7.51. The lowest BCUT2D eigenvalue weighted by Gasteiger charge is -2.03. The first kappa shape index (κ1) is 12.9. The Morgan fingerprint density at radius 1 is 1.29 bits per heavy atom. The molecule has 0 bridgehead atoms.